The van der Waals surface area contributed by atoms with E-state index in [4.69, 9.17) is 44.0 Å². The predicted octanol–water partition coefficient (Wildman–Crippen LogP) is 5.44. The van der Waals surface area contributed by atoms with Crippen LogP contribution in [0.15, 0.2) is 64.1 Å². The summed E-state index contributed by atoms with van der Waals surface area (Å²) in [5, 5.41) is 5.43. The van der Waals surface area contributed by atoms with Crippen LogP contribution in [0.5, 0.6) is 5.75 Å². The number of carbonyl (C=O) groups is 1. The van der Waals surface area contributed by atoms with E-state index in [1.54, 1.807) is 54.6 Å². The van der Waals surface area contributed by atoms with E-state index in [1.807, 2.05) is 0 Å². The van der Waals surface area contributed by atoms with Crippen molar-refractivity contribution >= 4 is 46.9 Å². The Kier molecular flexibility index (Phi) is 6.40. The van der Waals surface area contributed by atoms with E-state index in [1.165, 1.54) is 6.21 Å². The minimum absolute atomic E-state index is 0.195. The molecule has 0 unspecified atom stereocenters. The number of hydrogen-bond acceptors (Lipinski definition) is 4. The van der Waals surface area contributed by atoms with Gasteiger partial charge in [0.15, 0.2) is 6.61 Å². The summed E-state index contributed by atoms with van der Waals surface area (Å²) in [6.45, 7) is -0.195. The molecule has 27 heavy (non-hydrogen) atoms. The summed E-state index contributed by atoms with van der Waals surface area (Å²) in [6, 6.07) is 15.3. The van der Waals surface area contributed by atoms with Crippen LogP contribution in [0, 0.1) is 0 Å². The van der Waals surface area contributed by atoms with E-state index in [0.29, 0.717) is 37.9 Å². The van der Waals surface area contributed by atoms with Crippen LogP contribution in [0.2, 0.25) is 15.1 Å². The van der Waals surface area contributed by atoms with Gasteiger partial charge in [-0.1, -0.05) is 40.9 Å². The molecule has 1 N–H and O–H groups in total. The lowest BCUT2D eigenvalue weighted by Gasteiger charge is -2.04. The summed E-state index contributed by atoms with van der Waals surface area (Å²) in [5.41, 5.74) is 3.02. The molecule has 0 bridgehead atoms. The maximum absolute atomic E-state index is 11.8. The second-order valence-electron chi connectivity index (χ2n) is 5.37. The van der Waals surface area contributed by atoms with Crippen molar-refractivity contribution in [3.8, 4) is 17.1 Å². The molecule has 0 fully saturated rings. The number of hydrogen-bond donors (Lipinski definition) is 1. The molecule has 0 spiro atoms. The highest BCUT2D eigenvalue weighted by Gasteiger charge is 2.09. The van der Waals surface area contributed by atoms with Crippen molar-refractivity contribution in [3.63, 3.8) is 0 Å². The van der Waals surface area contributed by atoms with Crippen LogP contribution >= 0.6 is 34.8 Å². The van der Waals surface area contributed by atoms with Crippen molar-refractivity contribution in [2.75, 3.05) is 6.61 Å². The maximum Gasteiger partial charge on any atom is 0.277 e. The number of nitrogens with zero attached hydrogens (tertiary/aromatic N) is 1. The number of ether oxygens (including phenoxy) is 1. The van der Waals surface area contributed by atoms with Crippen molar-refractivity contribution < 1.29 is 13.9 Å². The molecule has 138 valence electrons. The van der Waals surface area contributed by atoms with Crippen LogP contribution in [0.4, 0.5) is 0 Å². The van der Waals surface area contributed by atoms with E-state index < -0.39 is 5.91 Å². The molecule has 1 heterocycles. The first-order valence-electron chi connectivity index (χ1n) is 7.77. The normalized spacial score (nSPS) is 10.9. The number of nitrogens with one attached hydrogen (secondary N) is 1. The minimum Gasteiger partial charge on any atom is -0.484 e. The van der Waals surface area contributed by atoms with Crippen molar-refractivity contribution in [3.05, 3.63) is 75.4 Å². The first kappa shape index (κ1) is 19.3. The molecule has 0 atom stereocenters. The van der Waals surface area contributed by atoms with Crippen molar-refractivity contribution in [2.45, 2.75) is 0 Å². The van der Waals surface area contributed by atoms with Gasteiger partial charge in [-0.2, -0.15) is 5.10 Å². The van der Waals surface area contributed by atoms with E-state index in [9.17, 15) is 4.79 Å². The summed E-state index contributed by atoms with van der Waals surface area (Å²) in [5.74, 6) is 1.06. The van der Waals surface area contributed by atoms with Crippen LogP contribution in [-0.2, 0) is 4.79 Å². The Bertz CT molecular complexity index is 986. The van der Waals surface area contributed by atoms with Crippen LogP contribution in [-0.4, -0.2) is 18.7 Å². The molecule has 3 aromatic rings. The fraction of sp³-hybridized carbons (Fsp3) is 0.0526. The standard InChI is InChI=1S/C19H13Cl3N2O3/c20-12-2-1-3-14(8-12)26-11-19(25)24-23-10-15-5-7-18(27-15)16-9-13(21)4-6-17(16)22/h1-10H,11H2,(H,24,25)/b23-10-. The Morgan fingerprint density at radius 2 is 1.89 bits per heavy atom. The molecule has 1 aromatic heterocycles. The van der Waals surface area contributed by atoms with Gasteiger partial charge in [0, 0.05) is 15.6 Å². The number of carbonyl (C=O) groups excluding carboxylic acids is 1. The molecule has 5 nitrogen and oxygen atoms in total. The summed E-state index contributed by atoms with van der Waals surface area (Å²) in [4.78, 5) is 11.8. The smallest absolute Gasteiger partial charge is 0.277 e. The van der Waals surface area contributed by atoms with Crippen molar-refractivity contribution in [1.82, 2.24) is 5.43 Å². The fourth-order valence-electron chi connectivity index (χ4n) is 2.16. The second-order valence-corrected chi connectivity index (χ2v) is 6.65. The monoisotopic (exact) mass is 422 g/mol. The van der Waals surface area contributed by atoms with Gasteiger partial charge in [-0.15, -0.1) is 0 Å². The molecule has 3 rings (SSSR count). The van der Waals surface area contributed by atoms with Gasteiger partial charge >= 0.3 is 0 Å². The lowest BCUT2D eigenvalue weighted by atomic mass is 10.2. The van der Waals surface area contributed by atoms with Gasteiger partial charge in [0.2, 0.25) is 0 Å². The second kappa shape index (κ2) is 8.95. The molecule has 2 aromatic carbocycles. The van der Waals surface area contributed by atoms with Gasteiger partial charge < -0.3 is 9.15 Å². The Balaban J connectivity index is 1.55. The van der Waals surface area contributed by atoms with E-state index in [2.05, 4.69) is 10.5 Å². The quantitative estimate of drug-likeness (QED) is 0.424. The highest BCUT2D eigenvalue weighted by Crippen LogP contribution is 2.31. The molecule has 0 saturated heterocycles. The van der Waals surface area contributed by atoms with Gasteiger partial charge in [0.25, 0.3) is 5.91 Å². The van der Waals surface area contributed by atoms with Crippen molar-refractivity contribution in [1.29, 1.82) is 0 Å². The first-order valence-corrected chi connectivity index (χ1v) is 8.90. The molecule has 0 saturated carbocycles. The highest BCUT2D eigenvalue weighted by atomic mass is 35.5. The lowest BCUT2D eigenvalue weighted by molar-refractivity contribution is -0.123. The fourth-order valence-corrected chi connectivity index (χ4v) is 2.72. The number of furan rings is 1. The van der Waals surface area contributed by atoms with E-state index >= 15 is 0 Å². The van der Waals surface area contributed by atoms with Gasteiger partial charge in [-0.25, -0.2) is 5.43 Å². The predicted molar refractivity (Wildman–Crippen MR) is 107 cm³/mol. The van der Waals surface area contributed by atoms with Crippen LogP contribution in [0.3, 0.4) is 0 Å². The summed E-state index contributed by atoms with van der Waals surface area (Å²) < 4.78 is 11.0. The summed E-state index contributed by atoms with van der Waals surface area (Å²) >= 11 is 18.0. The maximum atomic E-state index is 11.8. The number of amides is 1. The molecular weight excluding hydrogens is 411 g/mol. The van der Waals surface area contributed by atoms with Gasteiger partial charge in [-0.3, -0.25) is 4.79 Å². The highest BCUT2D eigenvalue weighted by molar-refractivity contribution is 6.35. The number of rotatable bonds is 6. The average Bonchev–Trinajstić information content (AvgIpc) is 3.11. The zero-order valence-corrected chi connectivity index (χ0v) is 16.1. The topological polar surface area (TPSA) is 63.8 Å². The summed E-state index contributed by atoms with van der Waals surface area (Å²) in [7, 11) is 0. The molecule has 0 radical (unpaired) electrons. The Labute approximate surface area is 170 Å². The van der Waals surface area contributed by atoms with Gasteiger partial charge in [-0.05, 0) is 48.5 Å². The molecule has 0 aliphatic carbocycles. The number of hydrazone groups is 1. The largest absolute Gasteiger partial charge is 0.484 e. The number of halogens is 3. The van der Waals surface area contributed by atoms with Crippen LogP contribution in [0.1, 0.15) is 5.76 Å². The first-order chi connectivity index (χ1) is 13.0. The van der Waals surface area contributed by atoms with Gasteiger partial charge in [0.05, 0.1) is 11.2 Å². The Morgan fingerprint density at radius 3 is 2.70 bits per heavy atom. The van der Waals surface area contributed by atoms with E-state index in [0.717, 1.165) is 0 Å². The molecule has 0 aliphatic heterocycles. The zero-order chi connectivity index (χ0) is 19.2. The van der Waals surface area contributed by atoms with Crippen molar-refractivity contribution in [2.24, 2.45) is 5.10 Å². The van der Waals surface area contributed by atoms with Crippen LogP contribution in [0.25, 0.3) is 11.3 Å². The molecular formula is C19H13Cl3N2O3. The molecule has 8 heteroatoms. The third-order valence-electron chi connectivity index (χ3n) is 3.37. The zero-order valence-electron chi connectivity index (χ0n) is 13.8. The molecule has 1 amide bonds. The lowest BCUT2D eigenvalue weighted by Crippen LogP contribution is -2.24. The van der Waals surface area contributed by atoms with Gasteiger partial charge in [0.1, 0.15) is 17.3 Å². The Morgan fingerprint density at radius 1 is 1.07 bits per heavy atom. The Hall–Kier alpha value is -2.47. The SMILES string of the molecule is O=C(COc1cccc(Cl)c1)N/N=C\c1ccc(-c2cc(Cl)ccc2Cl)o1. The van der Waals surface area contributed by atoms with Crippen LogP contribution < -0.4 is 10.2 Å². The summed E-state index contributed by atoms with van der Waals surface area (Å²) in [6.07, 6.45) is 1.37. The average molecular weight is 424 g/mol. The third kappa shape index (κ3) is 5.50. The number of benzene rings is 2. The molecule has 0 aliphatic rings. The third-order valence-corrected chi connectivity index (χ3v) is 4.17. The minimum atomic E-state index is -0.420. The van der Waals surface area contributed by atoms with E-state index in [-0.39, 0.29) is 6.61 Å².